The first-order valence-corrected chi connectivity index (χ1v) is 6.03. The zero-order valence-corrected chi connectivity index (χ0v) is 10.0. The van der Waals surface area contributed by atoms with Crippen LogP contribution in [-0.4, -0.2) is 16.1 Å². The van der Waals surface area contributed by atoms with E-state index >= 15 is 0 Å². The lowest BCUT2D eigenvalue weighted by atomic mass is 10.0. The number of aromatic nitrogens is 2. The number of nitrogens with zero attached hydrogens (tertiary/aromatic N) is 2. The van der Waals surface area contributed by atoms with E-state index in [-0.39, 0.29) is 5.56 Å². The van der Waals surface area contributed by atoms with Crippen LogP contribution in [0.1, 0.15) is 12.0 Å². The van der Waals surface area contributed by atoms with Gasteiger partial charge in [-0.3, -0.25) is 0 Å². The molecule has 1 aliphatic rings. The summed E-state index contributed by atoms with van der Waals surface area (Å²) >= 11 is 0. The second-order valence-electron chi connectivity index (χ2n) is 4.47. The number of hydrogen-bond acceptors (Lipinski definition) is 2. The van der Waals surface area contributed by atoms with Crippen molar-refractivity contribution in [2.75, 3.05) is 11.9 Å². The van der Waals surface area contributed by atoms with Gasteiger partial charge in [-0.05, 0) is 12.5 Å². The van der Waals surface area contributed by atoms with Crippen LogP contribution in [0.5, 0.6) is 0 Å². The van der Waals surface area contributed by atoms with Crippen LogP contribution in [0.15, 0.2) is 30.5 Å². The SMILES string of the molecule is FC(F)(F)c1ccccc1-c1cn2c(n1)NCCC2. The minimum atomic E-state index is -4.37. The van der Waals surface area contributed by atoms with Crippen molar-refractivity contribution in [3.63, 3.8) is 0 Å². The molecule has 1 N–H and O–H groups in total. The summed E-state index contributed by atoms with van der Waals surface area (Å²) in [4.78, 5) is 4.25. The quantitative estimate of drug-likeness (QED) is 0.858. The normalized spacial score (nSPS) is 14.9. The molecule has 0 saturated carbocycles. The van der Waals surface area contributed by atoms with Gasteiger partial charge in [-0.2, -0.15) is 13.2 Å². The number of anilines is 1. The Bertz CT molecular complexity index is 578. The third-order valence-corrected chi connectivity index (χ3v) is 3.14. The summed E-state index contributed by atoms with van der Waals surface area (Å²) in [6, 6.07) is 5.52. The van der Waals surface area contributed by atoms with E-state index in [2.05, 4.69) is 10.3 Å². The third kappa shape index (κ3) is 2.18. The van der Waals surface area contributed by atoms with Crippen molar-refractivity contribution in [1.82, 2.24) is 9.55 Å². The van der Waals surface area contributed by atoms with Gasteiger partial charge >= 0.3 is 6.18 Å². The number of fused-ring (bicyclic) bond motifs is 1. The van der Waals surface area contributed by atoms with E-state index in [0.29, 0.717) is 11.6 Å². The highest BCUT2D eigenvalue weighted by Gasteiger charge is 2.34. The number of halogens is 3. The number of aryl methyl sites for hydroxylation is 1. The van der Waals surface area contributed by atoms with Crippen molar-refractivity contribution in [2.45, 2.75) is 19.1 Å². The fourth-order valence-electron chi connectivity index (χ4n) is 2.26. The van der Waals surface area contributed by atoms with E-state index in [0.717, 1.165) is 25.6 Å². The Morgan fingerprint density at radius 1 is 1.21 bits per heavy atom. The molecule has 100 valence electrons. The maximum atomic E-state index is 13.0. The maximum absolute atomic E-state index is 13.0. The molecule has 1 aromatic carbocycles. The molecule has 3 rings (SSSR count). The van der Waals surface area contributed by atoms with Gasteiger partial charge in [0, 0.05) is 24.8 Å². The first-order chi connectivity index (χ1) is 9.05. The van der Waals surface area contributed by atoms with Crippen LogP contribution in [0.25, 0.3) is 11.3 Å². The fourth-order valence-corrected chi connectivity index (χ4v) is 2.26. The highest BCUT2D eigenvalue weighted by atomic mass is 19.4. The lowest BCUT2D eigenvalue weighted by Crippen LogP contribution is -2.16. The van der Waals surface area contributed by atoms with Crippen LogP contribution in [0, 0.1) is 0 Å². The summed E-state index contributed by atoms with van der Waals surface area (Å²) in [5.74, 6) is 0.637. The molecular formula is C13H12F3N3. The van der Waals surface area contributed by atoms with Crippen LogP contribution in [0.2, 0.25) is 0 Å². The van der Waals surface area contributed by atoms with E-state index in [4.69, 9.17) is 0 Å². The number of rotatable bonds is 1. The molecule has 2 heterocycles. The molecule has 19 heavy (non-hydrogen) atoms. The minimum Gasteiger partial charge on any atom is -0.356 e. The van der Waals surface area contributed by atoms with E-state index in [9.17, 15) is 13.2 Å². The van der Waals surface area contributed by atoms with Gasteiger partial charge in [0.25, 0.3) is 0 Å². The highest BCUT2D eigenvalue weighted by molar-refractivity contribution is 5.65. The molecule has 1 aliphatic heterocycles. The number of imidazole rings is 1. The molecule has 0 aliphatic carbocycles. The van der Waals surface area contributed by atoms with Gasteiger partial charge in [-0.25, -0.2) is 4.98 Å². The summed E-state index contributed by atoms with van der Waals surface area (Å²) in [6.07, 6.45) is -1.75. The standard InChI is InChI=1S/C13H12F3N3/c14-13(15,16)10-5-2-1-4-9(10)11-8-19-7-3-6-17-12(19)18-11/h1-2,4-5,8H,3,6-7H2,(H,17,18). The van der Waals surface area contributed by atoms with Crippen LogP contribution >= 0.6 is 0 Å². The van der Waals surface area contributed by atoms with Crippen molar-refractivity contribution in [1.29, 1.82) is 0 Å². The monoisotopic (exact) mass is 267 g/mol. The molecule has 0 fully saturated rings. The lowest BCUT2D eigenvalue weighted by molar-refractivity contribution is -0.137. The zero-order valence-electron chi connectivity index (χ0n) is 10.0. The molecule has 0 amide bonds. The Morgan fingerprint density at radius 3 is 2.74 bits per heavy atom. The van der Waals surface area contributed by atoms with Crippen LogP contribution in [0.4, 0.5) is 19.1 Å². The Hall–Kier alpha value is -1.98. The molecule has 0 radical (unpaired) electrons. The molecule has 0 spiro atoms. The van der Waals surface area contributed by atoms with Crippen LogP contribution < -0.4 is 5.32 Å². The van der Waals surface area contributed by atoms with Gasteiger partial charge < -0.3 is 9.88 Å². The Morgan fingerprint density at radius 2 is 2.00 bits per heavy atom. The van der Waals surface area contributed by atoms with Crippen LogP contribution in [0.3, 0.4) is 0 Å². The van der Waals surface area contributed by atoms with Crippen molar-refractivity contribution in [3.8, 4) is 11.3 Å². The predicted molar refractivity (Wildman–Crippen MR) is 65.8 cm³/mol. The van der Waals surface area contributed by atoms with E-state index in [1.165, 1.54) is 12.1 Å². The summed E-state index contributed by atoms with van der Waals surface area (Å²) in [6.45, 7) is 1.58. The largest absolute Gasteiger partial charge is 0.417 e. The molecular weight excluding hydrogens is 255 g/mol. The van der Waals surface area contributed by atoms with Crippen molar-refractivity contribution >= 4 is 5.95 Å². The van der Waals surface area contributed by atoms with Crippen LogP contribution in [-0.2, 0) is 12.7 Å². The number of nitrogens with one attached hydrogen (secondary N) is 1. The van der Waals surface area contributed by atoms with E-state index < -0.39 is 11.7 Å². The average Bonchev–Trinajstić information content (AvgIpc) is 2.81. The molecule has 0 saturated heterocycles. The number of hydrogen-bond donors (Lipinski definition) is 1. The zero-order chi connectivity index (χ0) is 13.5. The number of alkyl halides is 3. The number of benzene rings is 1. The van der Waals surface area contributed by atoms with Gasteiger partial charge in [0.15, 0.2) is 0 Å². The van der Waals surface area contributed by atoms with Gasteiger partial charge in [-0.1, -0.05) is 18.2 Å². The molecule has 0 unspecified atom stereocenters. The first kappa shape index (κ1) is 12.1. The Labute approximate surface area is 108 Å². The maximum Gasteiger partial charge on any atom is 0.417 e. The third-order valence-electron chi connectivity index (χ3n) is 3.14. The topological polar surface area (TPSA) is 29.9 Å². The summed E-state index contributed by atoms with van der Waals surface area (Å²) < 4.78 is 40.8. The summed E-state index contributed by atoms with van der Waals surface area (Å²) in [7, 11) is 0. The highest BCUT2D eigenvalue weighted by Crippen LogP contribution is 2.37. The van der Waals surface area contributed by atoms with Gasteiger partial charge in [0.05, 0.1) is 11.3 Å². The molecule has 1 aromatic heterocycles. The second-order valence-corrected chi connectivity index (χ2v) is 4.47. The molecule has 0 bridgehead atoms. The Balaban J connectivity index is 2.09. The van der Waals surface area contributed by atoms with E-state index in [1.807, 2.05) is 4.57 Å². The van der Waals surface area contributed by atoms with Gasteiger partial charge in [0.2, 0.25) is 5.95 Å². The average molecular weight is 267 g/mol. The second kappa shape index (κ2) is 4.29. The molecule has 6 heteroatoms. The molecule has 2 aromatic rings. The van der Waals surface area contributed by atoms with Gasteiger partial charge in [-0.15, -0.1) is 0 Å². The Kier molecular flexibility index (Phi) is 2.73. The lowest BCUT2D eigenvalue weighted by Gasteiger charge is -2.14. The van der Waals surface area contributed by atoms with Crippen molar-refractivity contribution < 1.29 is 13.2 Å². The minimum absolute atomic E-state index is 0.124. The first-order valence-electron chi connectivity index (χ1n) is 6.03. The van der Waals surface area contributed by atoms with E-state index in [1.54, 1.807) is 12.3 Å². The summed E-state index contributed by atoms with van der Waals surface area (Å²) in [5, 5.41) is 3.08. The fraction of sp³-hybridized carbons (Fsp3) is 0.308. The molecule has 0 atom stereocenters. The predicted octanol–water partition coefficient (Wildman–Crippen LogP) is 3.38. The van der Waals surface area contributed by atoms with Crippen molar-refractivity contribution in [3.05, 3.63) is 36.0 Å². The summed E-state index contributed by atoms with van der Waals surface area (Å²) in [5.41, 5.74) is -0.165. The van der Waals surface area contributed by atoms with Gasteiger partial charge in [0.1, 0.15) is 0 Å². The smallest absolute Gasteiger partial charge is 0.356 e. The van der Waals surface area contributed by atoms with Crippen molar-refractivity contribution in [2.24, 2.45) is 0 Å². The molecule has 3 nitrogen and oxygen atoms in total.